The van der Waals surface area contributed by atoms with Crippen LogP contribution in [0.15, 0.2) is 53.5 Å². The molecule has 0 bridgehead atoms. The second kappa shape index (κ2) is 3.54. The topological polar surface area (TPSA) is 49.2 Å². The van der Waals surface area contributed by atoms with Crippen molar-refractivity contribution in [1.82, 2.24) is 4.98 Å². The van der Waals surface area contributed by atoms with Gasteiger partial charge in [-0.1, -0.05) is 6.07 Å². The Morgan fingerprint density at radius 1 is 1.12 bits per heavy atom. The van der Waals surface area contributed by atoms with Crippen molar-refractivity contribution in [3.8, 4) is 0 Å². The molecule has 0 saturated heterocycles. The fourth-order valence-corrected chi connectivity index (χ4v) is 1.86. The first kappa shape index (κ1) is 9.24. The normalized spacial score (nSPS) is 13.1. The van der Waals surface area contributed by atoms with Crippen molar-refractivity contribution >= 4 is 10.9 Å². The molecule has 3 heteroatoms. The molecule has 0 aliphatic carbocycles. The molecule has 2 aromatic heterocycles. The zero-order chi connectivity index (χ0) is 11.0. The van der Waals surface area contributed by atoms with E-state index in [9.17, 15) is 5.11 Å². The van der Waals surface area contributed by atoms with Crippen LogP contribution in [-0.4, -0.2) is 10.1 Å². The van der Waals surface area contributed by atoms with E-state index in [1.54, 1.807) is 18.6 Å². The smallest absolute Gasteiger partial charge is 0.107 e. The lowest BCUT2D eigenvalue weighted by molar-refractivity contribution is 0.219. The molecule has 0 spiro atoms. The quantitative estimate of drug-likeness (QED) is 0.687. The molecule has 3 rings (SSSR count). The van der Waals surface area contributed by atoms with Crippen LogP contribution in [0.2, 0.25) is 0 Å². The van der Waals surface area contributed by atoms with Gasteiger partial charge in [0.15, 0.2) is 0 Å². The van der Waals surface area contributed by atoms with Crippen LogP contribution in [0.4, 0.5) is 0 Å². The third-order valence-electron chi connectivity index (χ3n) is 2.75. The maximum Gasteiger partial charge on any atom is 0.107 e. The first-order valence-corrected chi connectivity index (χ1v) is 5.12. The number of aliphatic hydroxyl groups is 1. The van der Waals surface area contributed by atoms with Crippen molar-refractivity contribution in [2.75, 3.05) is 0 Å². The molecular weight excluding hydrogens is 202 g/mol. The van der Waals surface area contributed by atoms with Gasteiger partial charge in [0, 0.05) is 17.3 Å². The average Bonchev–Trinajstić information content (AvgIpc) is 2.98. The summed E-state index contributed by atoms with van der Waals surface area (Å²) in [6.45, 7) is 0. The fourth-order valence-electron chi connectivity index (χ4n) is 1.86. The lowest BCUT2D eigenvalue weighted by atomic mass is 10.0. The Labute approximate surface area is 92.3 Å². The van der Waals surface area contributed by atoms with Gasteiger partial charge >= 0.3 is 0 Å². The van der Waals surface area contributed by atoms with Gasteiger partial charge in [0.05, 0.1) is 12.5 Å². The van der Waals surface area contributed by atoms with Crippen molar-refractivity contribution in [3.05, 3.63) is 60.2 Å². The Kier molecular flexibility index (Phi) is 2.04. The van der Waals surface area contributed by atoms with Gasteiger partial charge in [0.1, 0.15) is 6.10 Å². The van der Waals surface area contributed by atoms with Crippen LogP contribution in [-0.2, 0) is 0 Å². The SMILES string of the molecule is OC(c1ccoc1)c1ccc2[nH]ccc2c1. The highest BCUT2D eigenvalue weighted by Crippen LogP contribution is 2.25. The van der Waals surface area contributed by atoms with Crippen LogP contribution >= 0.6 is 0 Å². The molecule has 2 N–H and O–H groups in total. The Morgan fingerprint density at radius 3 is 2.88 bits per heavy atom. The summed E-state index contributed by atoms with van der Waals surface area (Å²) in [6.07, 6.45) is 4.39. The van der Waals surface area contributed by atoms with Gasteiger partial charge in [0.25, 0.3) is 0 Å². The fraction of sp³-hybridized carbons (Fsp3) is 0.0769. The molecule has 0 saturated carbocycles. The summed E-state index contributed by atoms with van der Waals surface area (Å²) >= 11 is 0. The maximum atomic E-state index is 10.1. The lowest BCUT2D eigenvalue weighted by Crippen LogP contribution is -1.97. The molecule has 0 fully saturated rings. The first-order chi connectivity index (χ1) is 7.84. The summed E-state index contributed by atoms with van der Waals surface area (Å²) in [5.41, 5.74) is 2.71. The number of aliphatic hydroxyl groups excluding tert-OH is 1. The molecule has 0 aliphatic heterocycles. The summed E-state index contributed by atoms with van der Waals surface area (Å²) in [5, 5.41) is 11.2. The first-order valence-electron chi connectivity index (χ1n) is 5.12. The molecule has 16 heavy (non-hydrogen) atoms. The molecule has 1 aromatic carbocycles. The number of aromatic amines is 1. The minimum absolute atomic E-state index is 0.627. The van der Waals surface area contributed by atoms with E-state index < -0.39 is 6.10 Å². The average molecular weight is 213 g/mol. The van der Waals surface area contributed by atoms with Crippen LogP contribution < -0.4 is 0 Å². The van der Waals surface area contributed by atoms with Gasteiger partial charge < -0.3 is 14.5 Å². The van der Waals surface area contributed by atoms with Gasteiger partial charge in [-0.25, -0.2) is 0 Å². The van der Waals surface area contributed by atoms with Crippen LogP contribution in [0.25, 0.3) is 10.9 Å². The van der Waals surface area contributed by atoms with Crippen molar-refractivity contribution in [1.29, 1.82) is 0 Å². The van der Waals surface area contributed by atoms with E-state index in [4.69, 9.17) is 4.42 Å². The van der Waals surface area contributed by atoms with Crippen LogP contribution in [0.1, 0.15) is 17.2 Å². The molecule has 1 unspecified atom stereocenters. The second-order valence-corrected chi connectivity index (χ2v) is 3.78. The zero-order valence-corrected chi connectivity index (χ0v) is 8.55. The predicted molar refractivity (Wildman–Crippen MR) is 61.1 cm³/mol. The van der Waals surface area contributed by atoms with E-state index in [1.165, 1.54) is 0 Å². The van der Waals surface area contributed by atoms with Gasteiger partial charge in [-0.2, -0.15) is 0 Å². The maximum absolute atomic E-state index is 10.1. The molecule has 3 aromatic rings. The Balaban J connectivity index is 2.05. The second-order valence-electron chi connectivity index (χ2n) is 3.78. The minimum atomic E-state index is -0.627. The Hall–Kier alpha value is -2.00. The van der Waals surface area contributed by atoms with E-state index in [-0.39, 0.29) is 0 Å². The third kappa shape index (κ3) is 1.42. The lowest BCUT2D eigenvalue weighted by Gasteiger charge is -2.08. The summed E-state index contributed by atoms with van der Waals surface area (Å²) in [4.78, 5) is 3.12. The highest BCUT2D eigenvalue weighted by Gasteiger charge is 2.11. The number of fused-ring (bicyclic) bond motifs is 1. The molecule has 0 aliphatic rings. The van der Waals surface area contributed by atoms with E-state index in [1.807, 2.05) is 30.5 Å². The third-order valence-corrected chi connectivity index (χ3v) is 2.75. The predicted octanol–water partition coefficient (Wildman–Crippen LogP) is 2.84. The number of benzene rings is 1. The molecule has 1 atom stereocenters. The number of aromatic nitrogens is 1. The number of hydrogen-bond acceptors (Lipinski definition) is 2. The highest BCUT2D eigenvalue weighted by molar-refractivity contribution is 5.80. The van der Waals surface area contributed by atoms with Crippen LogP contribution in [0, 0.1) is 0 Å². The summed E-state index contributed by atoms with van der Waals surface area (Å²) in [5.74, 6) is 0. The molecular formula is C13H11NO2. The van der Waals surface area contributed by atoms with Crippen molar-refractivity contribution in [2.45, 2.75) is 6.10 Å². The molecule has 3 nitrogen and oxygen atoms in total. The van der Waals surface area contributed by atoms with Crippen molar-refractivity contribution in [3.63, 3.8) is 0 Å². The van der Waals surface area contributed by atoms with E-state index >= 15 is 0 Å². The summed E-state index contributed by atoms with van der Waals surface area (Å²) < 4.78 is 4.96. The Bertz CT molecular complexity index is 595. The number of hydrogen-bond donors (Lipinski definition) is 2. The van der Waals surface area contributed by atoms with Gasteiger partial charge in [0.2, 0.25) is 0 Å². The van der Waals surface area contributed by atoms with Crippen molar-refractivity contribution in [2.24, 2.45) is 0 Å². The van der Waals surface area contributed by atoms with Crippen molar-refractivity contribution < 1.29 is 9.52 Å². The van der Waals surface area contributed by atoms with Crippen LogP contribution in [0.3, 0.4) is 0 Å². The number of furan rings is 1. The largest absolute Gasteiger partial charge is 0.472 e. The molecule has 2 heterocycles. The highest BCUT2D eigenvalue weighted by atomic mass is 16.3. The molecule has 80 valence electrons. The molecule has 0 amide bonds. The zero-order valence-electron chi connectivity index (χ0n) is 8.55. The van der Waals surface area contributed by atoms with Gasteiger partial charge in [-0.15, -0.1) is 0 Å². The minimum Gasteiger partial charge on any atom is -0.472 e. The standard InChI is InChI=1S/C13H11NO2/c15-13(11-4-6-16-8-11)10-1-2-12-9(7-10)3-5-14-12/h1-8,13-15H. The van der Waals surface area contributed by atoms with E-state index in [2.05, 4.69) is 4.98 Å². The molecule has 0 radical (unpaired) electrons. The summed E-state index contributed by atoms with van der Waals surface area (Å²) in [7, 11) is 0. The summed E-state index contributed by atoms with van der Waals surface area (Å²) in [6, 6.07) is 9.61. The van der Waals surface area contributed by atoms with Crippen LogP contribution in [0.5, 0.6) is 0 Å². The number of rotatable bonds is 2. The number of nitrogens with one attached hydrogen (secondary N) is 1. The van der Waals surface area contributed by atoms with Gasteiger partial charge in [-0.3, -0.25) is 0 Å². The van der Waals surface area contributed by atoms with E-state index in [0.717, 1.165) is 22.0 Å². The van der Waals surface area contributed by atoms with Gasteiger partial charge in [-0.05, 0) is 35.2 Å². The monoisotopic (exact) mass is 213 g/mol. The van der Waals surface area contributed by atoms with E-state index in [0.29, 0.717) is 0 Å². The Morgan fingerprint density at radius 2 is 2.06 bits per heavy atom. The number of H-pyrrole nitrogens is 1.